The molecule has 12 heteroatoms. The van der Waals surface area contributed by atoms with Crippen LogP contribution in [-0.2, 0) is 0 Å². The minimum absolute atomic E-state index is 0.0957. The smallest absolute Gasteiger partial charge is 0.287 e. The average Bonchev–Trinajstić information content (AvgIpc) is 3.42. The first-order valence-electron chi connectivity index (χ1n) is 12.1. The number of furan rings is 1. The van der Waals surface area contributed by atoms with Gasteiger partial charge in [0.1, 0.15) is 11.8 Å². The number of methoxy groups -OCH3 is 1. The van der Waals surface area contributed by atoms with Crippen molar-refractivity contribution in [1.82, 2.24) is 14.6 Å². The van der Waals surface area contributed by atoms with Gasteiger partial charge in [-0.05, 0) is 36.4 Å². The Bertz CT molecular complexity index is 2000. The van der Waals surface area contributed by atoms with Gasteiger partial charge in [0.05, 0.1) is 29.2 Å². The molecule has 3 aromatic carbocycles. The highest BCUT2D eigenvalue weighted by atomic mass is 79.9. The van der Waals surface area contributed by atoms with Crippen LogP contribution in [0.3, 0.4) is 0 Å². The number of para-hydroxylation sites is 2. The standard InChI is InChI=1S/C29H18BrN5O6/c1-39-24-14-19(30)12-18(27(24)41-26-11-10-20(16-31-26)35(37)38)15-32-34-28(25-13-17-6-2-5-9-23(17)40-25)33-22-8-4-3-7-21(22)29(34)36/h2-16H,1H3. The van der Waals surface area contributed by atoms with E-state index in [0.29, 0.717) is 38.0 Å². The maximum absolute atomic E-state index is 13.6. The molecule has 0 N–H and O–H groups in total. The Hall–Kier alpha value is -5.36. The lowest BCUT2D eigenvalue weighted by Crippen LogP contribution is -2.20. The second-order valence-corrected chi connectivity index (χ2v) is 9.62. The van der Waals surface area contributed by atoms with Crippen molar-refractivity contribution in [1.29, 1.82) is 0 Å². The van der Waals surface area contributed by atoms with Gasteiger partial charge in [-0.15, -0.1) is 0 Å². The topological polar surface area (TPSA) is 135 Å². The minimum Gasteiger partial charge on any atom is -0.493 e. The van der Waals surface area contributed by atoms with Crippen molar-refractivity contribution in [3.63, 3.8) is 0 Å². The third kappa shape index (κ3) is 5.03. The molecule has 41 heavy (non-hydrogen) atoms. The third-order valence-corrected chi connectivity index (χ3v) is 6.58. The fraction of sp³-hybridized carbons (Fsp3) is 0.0345. The number of benzene rings is 3. The lowest BCUT2D eigenvalue weighted by molar-refractivity contribution is -0.385. The van der Waals surface area contributed by atoms with Crippen LogP contribution in [0.15, 0.2) is 104 Å². The van der Waals surface area contributed by atoms with Gasteiger partial charge in [0.2, 0.25) is 11.7 Å². The van der Waals surface area contributed by atoms with Crippen molar-refractivity contribution < 1.29 is 18.8 Å². The zero-order valence-corrected chi connectivity index (χ0v) is 22.8. The average molecular weight is 612 g/mol. The molecule has 0 spiro atoms. The van der Waals surface area contributed by atoms with Crippen LogP contribution in [0.25, 0.3) is 33.5 Å². The third-order valence-electron chi connectivity index (χ3n) is 6.12. The number of hydrogen-bond acceptors (Lipinski definition) is 9. The number of aromatic nitrogens is 3. The molecule has 0 unspecified atom stereocenters. The second kappa shape index (κ2) is 10.7. The number of halogens is 1. The summed E-state index contributed by atoms with van der Waals surface area (Å²) < 4.78 is 19.3. The van der Waals surface area contributed by atoms with Gasteiger partial charge in [0, 0.05) is 27.6 Å². The number of nitro groups is 1. The molecule has 3 aromatic heterocycles. The zero-order valence-electron chi connectivity index (χ0n) is 21.2. The maximum Gasteiger partial charge on any atom is 0.287 e. The van der Waals surface area contributed by atoms with Crippen molar-refractivity contribution in [3.05, 3.63) is 116 Å². The molecule has 0 aliphatic heterocycles. The molecule has 6 aromatic rings. The fourth-order valence-corrected chi connectivity index (χ4v) is 4.65. The molecule has 11 nitrogen and oxygen atoms in total. The van der Waals surface area contributed by atoms with E-state index in [9.17, 15) is 14.9 Å². The normalized spacial score (nSPS) is 11.4. The molecule has 0 aliphatic carbocycles. The summed E-state index contributed by atoms with van der Waals surface area (Å²) in [5.74, 6) is 1.24. The summed E-state index contributed by atoms with van der Waals surface area (Å²) in [6.45, 7) is 0. The molecule has 0 saturated carbocycles. The van der Waals surface area contributed by atoms with Crippen LogP contribution in [0.5, 0.6) is 17.4 Å². The monoisotopic (exact) mass is 611 g/mol. The van der Waals surface area contributed by atoms with Gasteiger partial charge < -0.3 is 13.9 Å². The Morgan fingerprint density at radius 1 is 1.07 bits per heavy atom. The molecule has 0 aliphatic rings. The lowest BCUT2D eigenvalue weighted by Gasteiger charge is -2.13. The molecule has 6 rings (SSSR count). The first-order valence-corrected chi connectivity index (χ1v) is 12.9. The number of fused-ring (bicyclic) bond motifs is 2. The van der Waals surface area contributed by atoms with E-state index in [2.05, 4.69) is 26.0 Å². The van der Waals surface area contributed by atoms with Crippen LogP contribution >= 0.6 is 15.9 Å². The van der Waals surface area contributed by atoms with E-state index in [1.807, 2.05) is 24.3 Å². The van der Waals surface area contributed by atoms with Crippen molar-refractivity contribution >= 4 is 49.7 Å². The highest BCUT2D eigenvalue weighted by molar-refractivity contribution is 9.10. The summed E-state index contributed by atoms with van der Waals surface area (Å²) in [5.41, 5.74) is 0.985. The molecular formula is C29H18BrN5O6. The first kappa shape index (κ1) is 25.9. The first-order chi connectivity index (χ1) is 19.9. The minimum atomic E-state index is -0.552. The Kier molecular flexibility index (Phi) is 6.73. The molecular weight excluding hydrogens is 594 g/mol. The van der Waals surface area contributed by atoms with Gasteiger partial charge in [-0.1, -0.05) is 46.3 Å². The Morgan fingerprint density at radius 3 is 2.63 bits per heavy atom. The van der Waals surface area contributed by atoms with E-state index in [-0.39, 0.29) is 23.1 Å². The zero-order chi connectivity index (χ0) is 28.5. The van der Waals surface area contributed by atoms with Crippen LogP contribution in [0.4, 0.5) is 5.69 Å². The fourth-order valence-electron chi connectivity index (χ4n) is 4.19. The largest absolute Gasteiger partial charge is 0.493 e. The molecule has 202 valence electrons. The predicted molar refractivity (Wildman–Crippen MR) is 156 cm³/mol. The molecule has 0 amide bonds. The van der Waals surface area contributed by atoms with Gasteiger partial charge in [-0.2, -0.15) is 9.78 Å². The summed E-state index contributed by atoms with van der Waals surface area (Å²) in [6.07, 6.45) is 2.52. The van der Waals surface area contributed by atoms with E-state index in [0.717, 1.165) is 11.6 Å². The highest BCUT2D eigenvalue weighted by Crippen LogP contribution is 2.37. The summed E-state index contributed by atoms with van der Waals surface area (Å²) in [5, 5.41) is 16.8. The molecule has 0 bridgehead atoms. The molecule has 0 saturated heterocycles. The second-order valence-electron chi connectivity index (χ2n) is 8.70. The van der Waals surface area contributed by atoms with Crippen molar-refractivity contribution in [3.8, 4) is 29.0 Å². The van der Waals surface area contributed by atoms with E-state index in [1.54, 1.807) is 42.5 Å². The number of pyridine rings is 1. The van der Waals surface area contributed by atoms with Gasteiger partial charge in [0.15, 0.2) is 17.3 Å². The van der Waals surface area contributed by atoms with Crippen LogP contribution < -0.4 is 15.0 Å². The quantitative estimate of drug-likeness (QED) is 0.112. The molecule has 0 radical (unpaired) electrons. The van der Waals surface area contributed by atoms with Crippen molar-refractivity contribution in [2.45, 2.75) is 0 Å². The van der Waals surface area contributed by atoms with Crippen LogP contribution in [-0.4, -0.2) is 32.9 Å². The van der Waals surface area contributed by atoms with Gasteiger partial charge in [0.25, 0.3) is 11.2 Å². The Balaban J connectivity index is 1.49. The van der Waals surface area contributed by atoms with E-state index < -0.39 is 10.5 Å². The van der Waals surface area contributed by atoms with E-state index in [1.165, 1.54) is 30.1 Å². The SMILES string of the molecule is COc1cc(Br)cc(C=Nn2c(-c3cc4ccccc4o3)nc3ccccc3c2=O)c1Oc1ccc([N+](=O)[O-])cn1. The highest BCUT2D eigenvalue weighted by Gasteiger charge is 2.18. The summed E-state index contributed by atoms with van der Waals surface area (Å²) in [4.78, 5) is 32.8. The van der Waals surface area contributed by atoms with Gasteiger partial charge >= 0.3 is 0 Å². The summed E-state index contributed by atoms with van der Waals surface area (Å²) in [7, 11) is 1.47. The lowest BCUT2D eigenvalue weighted by atomic mass is 10.2. The number of nitrogens with zero attached hydrogens (tertiary/aromatic N) is 5. The van der Waals surface area contributed by atoms with Crippen LogP contribution in [0, 0.1) is 10.1 Å². The predicted octanol–water partition coefficient (Wildman–Crippen LogP) is 6.56. The Labute approximate surface area is 239 Å². The number of ether oxygens (including phenoxy) is 2. The van der Waals surface area contributed by atoms with Crippen molar-refractivity contribution in [2.75, 3.05) is 7.11 Å². The van der Waals surface area contributed by atoms with Gasteiger partial charge in [-0.25, -0.2) is 9.97 Å². The van der Waals surface area contributed by atoms with Crippen molar-refractivity contribution in [2.24, 2.45) is 5.10 Å². The summed E-state index contributed by atoms with van der Waals surface area (Å²) in [6, 6.07) is 22.3. The van der Waals surface area contributed by atoms with E-state index >= 15 is 0 Å². The van der Waals surface area contributed by atoms with E-state index in [4.69, 9.17) is 18.9 Å². The Morgan fingerprint density at radius 2 is 1.88 bits per heavy atom. The number of hydrogen-bond donors (Lipinski definition) is 0. The molecule has 0 atom stereocenters. The molecule has 3 heterocycles. The van der Waals surface area contributed by atoms with Crippen LogP contribution in [0.1, 0.15) is 5.56 Å². The summed E-state index contributed by atoms with van der Waals surface area (Å²) >= 11 is 3.46. The maximum atomic E-state index is 13.6. The number of rotatable bonds is 7. The molecule has 0 fully saturated rings. The van der Waals surface area contributed by atoms with Gasteiger partial charge in [-0.3, -0.25) is 14.9 Å². The van der Waals surface area contributed by atoms with Crippen LogP contribution in [0.2, 0.25) is 0 Å².